The Morgan fingerprint density at radius 1 is 1.40 bits per heavy atom. The number of nitrogens with one attached hydrogen (secondary N) is 1. The molecule has 0 spiro atoms. The van der Waals surface area contributed by atoms with Gasteiger partial charge in [0.1, 0.15) is 0 Å². The van der Waals surface area contributed by atoms with Crippen LogP contribution in [0.2, 0.25) is 0 Å². The van der Waals surface area contributed by atoms with E-state index in [1.807, 2.05) is 31.4 Å². The second-order valence-electron chi connectivity index (χ2n) is 4.50. The Bertz CT molecular complexity index is 693. The molecular formula is C13H16ClN5O. The summed E-state index contributed by atoms with van der Waals surface area (Å²) < 4.78 is 7.11. The maximum Gasteiger partial charge on any atom is 0.261 e. The van der Waals surface area contributed by atoms with E-state index in [-0.39, 0.29) is 12.4 Å². The number of hydrogen-bond donors (Lipinski definition) is 1. The molecule has 0 aliphatic rings. The minimum absolute atomic E-state index is 0. The van der Waals surface area contributed by atoms with Gasteiger partial charge in [-0.2, -0.15) is 10.1 Å². The maximum atomic E-state index is 5.32. The Morgan fingerprint density at radius 2 is 2.25 bits per heavy atom. The first-order valence-corrected chi connectivity index (χ1v) is 6.20. The van der Waals surface area contributed by atoms with Crippen LogP contribution in [0.5, 0.6) is 0 Å². The lowest BCUT2D eigenvalue weighted by atomic mass is 10.2. The zero-order chi connectivity index (χ0) is 13.2. The van der Waals surface area contributed by atoms with Crippen LogP contribution in [0.1, 0.15) is 12.7 Å². The van der Waals surface area contributed by atoms with Gasteiger partial charge in [0.25, 0.3) is 5.89 Å². The Morgan fingerprint density at radius 3 is 3.05 bits per heavy atom. The molecule has 1 unspecified atom stereocenters. The number of aromatic nitrogens is 4. The van der Waals surface area contributed by atoms with Crippen LogP contribution in [0.15, 0.2) is 35.1 Å². The van der Waals surface area contributed by atoms with Crippen molar-refractivity contribution >= 4 is 17.9 Å². The van der Waals surface area contributed by atoms with Crippen LogP contribution in [0, 0.1) is 0 Å². The number of hydrogen-bond acceptors (Lipinski definition) is 5. The van der Waals surface area contributed by atoms with Crippen LogP contribution in [0.3, 0.4) is 0 Å². The van der Waals surface area contributed by atoms with Gasteiger partial charge in [0.15, 0.2) is 5.82 Å². The smallest absolute Gasteiger partial charge is 0.261 e. The summed E-state index contributed by atoms with van der Waals surface area (Å²) in [5.74, 6) is 1.21. The van der Waals surface area contributed by atoms with E-state index < -0.39 is 0 Å². The van der Waals surface area contributed by atoms with Gasteiger partial charge in [0.2, 0.25) is 0 Å². The first kappa shape index (κ1) is 14.5. The average Bonchev–Trinajstić information content (AvgIpc) is 3.04. The molecule has 3 rings (SSSR count). The van der Waals surface area contributed by atoms with Crippen molar-refractivity contribution < 1.29 is 4.52 Å². The third-order valence-electron chi connectivity index (χ3n) is 3.11. The molecule has 0 bridgehead atoms. The monoisotopic (exact) mass is 293 g/mol. The Hall–Kier alpha value is -1.92. The first-order valence-electron chi connectivity index (χ1n) is 6.20. The number of likely N-dealkylation sites (N-methyl/N-ethyl adjacent to an activating group) is 1. The molecule has 3 heterocycles. The lowest BCUT2D eigenvalue weighted by molar-refractivity contribution is 0.418. The van der Waals surface area contributed by atoms with Crippen LogP contribution in [-0.2, 0) is 6.42 Å². The summed E-state index contributed by atoms with van der Waals surface area (Å²) in [5, 5.41) is 11.4. The number of pyridine rings is 1. The van der Waals surface area contributed by atoms with Crippen LogP contribution >= 0.6 is 12.4 Å². The Labute approximate surface area is 122 Å². The molecule has 0 fully saturated rings. The molecule has 20 heavy (non-hydrogen) atoms. The molecule has 0 aliphatic carbocycles. The van der Waals surface area contributed by atoms with Crippen molar-refractivity contribution in [2.24, 2.45) is 0 Å². The number of fused-ring (bicyclic) bond motifs is 1. The maximum absolute atomic E-state index is 5.32. The molecule has 6 nitrogen and oxygen atoms in total. The van der Waals surface area contributed by atoms with Crippen LogP contribution in [0.25, 0.3) is 17.0 Å². The van der Waals surface area contributed by atoms with Crippen molar-refractivity contribution in [3.8, 4) is 11.5 Å². The highest BCUT2D eigenvalue weighted by atomic mass is 35.5. The second-order valence-corrected chi connectivity index (χ2v) is 4.50. The summed E-state index contributed by atoms with van der Waals surface area (Å²) in [4.78, 5) is 4.42. The van der Waals surface area contributed by atoms with E-state index in [1.54, 1.807) is 10.7 Å². The molecule has 0 aliphatic heterocycles. The van der Waals surface area contributed by atoms with Crippen LogP contribution in [-0.4, -0.2) is 32.8 Å². The van der Waals surface area contributed by atoms with E-state index in [9.17, 15) is 0 Å². The van der Waals surface area contributed by atoms with Crippen molar-refractivity contribution in [1.82, 2.24) is 25.1 Å². The molecule has 3 aromatic heterocycles. The Balaban J connectivity index is 0.00000147. The average molecular weight is 294 g/mol. The number of nitrogens with zero attached hydrogens (tertiary/aromatic N) is 4. The third kappa shape index (κ3) is 2.66. The fourth-order valence-corrected chi connectivity index (χ4v) is 1.92. The standard InChI is InChI=1S/C13H15N5O.ClH/c1-9(14-2)7-12-16-13(19-17-12)10-8-15-18-6-4-3-5-11(10)18;/h3-6,8-9,14H,7H2,1-2H3;1H. The molecule has 0 saturated carbocycles. The molecule has 106 valence electrons. The summed E-state index contributed by atoms with van der Waals surface area (Å²) in [6.45, 7) is 2.07. The summed E-state index contributed by atoms with van der Waals surface area (Å²) in [5.41, 5.74) is 1.82. The zero-order valence-electron chi connectivity index (χ0n) is 11.3. The predicted molar refractivity (Wildman–Crippen MR) is 78.0 cm³/mol. The van der Waals surface area contributed by atoms with Gasteiger partial charge in [0, 0.05) is 18.7 Å². The number of rotatable bonds is 4. The van der Waals surface area contributed by atoms with Gasteiger partial charge in [-0.15, -0.1) is 12.4 Å². The lowest BCUT2D eigenvalue weighted by Crippen LogP contribution is -2.24. The molecule has 3 aromatic rings. The molecule has 7 heteroatoms. The molecular weight excluding hydrogens is 278 g/mol. The Kier molecular flexibility index (Phi) is 4.36. The second kappa shape index (κ2) is 6.02. The summed E-state index contributed by atoms with van der Waals surface area (Å²) in [7, 11) is 1.91. The summed E-state index contributed by atoms with van der Waals surface area (Å²) in [6.07, 6.45) is 4.37. The van der Waals surface area contributed by atoms with Crippen molar-refractivity contribution in [2.75, 3.05) is 7.05 Å². The van der Waals surface area contributed by atoms with Gasteiger partial charge in [0.05, 0.1) is 17.3 Å². The third-order valence-corrected chi connectivity index (χ3v) is 3.11. The van der Waals surface area contributed by atoms with Gasteiger partial charge in [-0.25, -0.2) is 4.52 Å². The van der Waals surface area contributed by atoms with Gasteiger partial charge in [-0.1, -0.05) is 11.2 Å². The van der Waals surface area contributed by atoms with Crippen molar-refractivity contribution in [2.45, 2.75) is 19.4 Å². The largest absolute Gasteiger partial charge is 0.334 e. The van der Waals surface area contributed by atoms with Crippen LogP contribution in [0.4, 0.5) is 0 Å². The van der Waals surface area contributed by atoms with E-state index in [2.05, 4.69) is 27.5 Å². The highest BCUT2D eigenvalue weighted by Gasteiger charge is 2.14. The normalized spacial score (nSPS) is 12.3. The molecule has 1 atom stereocenters. The van der Waals surface area contributed by atoms with Crippen molar-refractivity contribution in [3.05, 3.63) is 36.4 Å². The molecule has 1 N–H and O–H groups in total. The van der Waals surface area contributed by atoms with Crippen LogP contribution < -0.4 is 5.32 Å². The topological polar surface area (TPSA) is 68.2 Å². The summed E-state index contributed by atoms with van der Waals surface area (Å²) >= 11 is 0. The van der Waals surface area contributed by atoms with Gasteiger partial charge >= 0.3 is 0 Å². The van der Waals surface area contributed by atoms with Crippen molar-refractivity contribution in [1.29, 1.82) is 0 Å². The minimum Gasteiger partial charge on any atom is -0.334 e. The zero-order valence-corrected chi connectivity index (χ0v) is 12.1. The van der Waals surface area contributed by atoms with E-state index >= 15 is 0 Å². The predicted octanol–water partition coefficient (Wildman–Crippen LogP) is 1.96. The lowest BCUT2D eigenvalue weighted by Gasteiger charge is -2.04. The van der Waals surface area contributed by atoms with Gasteiger partial charge in [-0.3, -0.25) is 0 Å². The van der Waals surface area contributed by atoms with E-state index in [4.69, 9.17) is 4.52 Å². The minimum atomic E-state index is 0. The van der Waals surface area contributed by atoms with Crippen molar-refractivity contribution in [3.63, 3.8) is 0 Å². The fraction of sp³-hybridized carbons (Fsp3) is 0.308. The first-order chi connectivity index (χ1) is 9.28. The molecule has 0 saturated heterocycles. The molecule has 0 aromatic carbocycles. The highest BCUT2D eigenvalue weighted by Crippen LogP contribution is 2.22. The quantitative estimate of drug-likeness (QED) is 0.796. The SMILES string of the molecule is CNC(C)Cc1noc(-c2cnn3ccccc23)n1.Cl. The number of halogens is 1. The molecule has 0 amide bonds. The fourth-order valence-electron chi connectivity index (χ4n) is 1.92. The van der Waals surface area contributed by atoms with E-state index in [1.165, 1.54) is 0 Å². The van der Waals surface area contributed by atoms with E-state index in [0.717, 1.165) is 17.5 Å². The van der Waals surface area contributed by atoms with E-state index in [0.29, 0.717) is 17.8 Å². The highest BCUT2D eigenvalue weighted by molar-refractivity contribution is 5.85. The summed E-state index contributed by atoms with van der Waals surface area (Å²) in [6, 6.07) is 6.18. The van der Waals surface area contributed by atoms with Gasteiger partial charge in [-0.05, 0) is 26.1 Å². The molecule has 0 radical (unpaired) electrons. The van der Waals surface area contributed by atoms with Gasteiger partial charge < -0.3 is 9.84 Å².